The third-order valence-electron chi connectivity index (χ3n) is 3.03. The van der Waals surface area contributed by atoms with E-state index < -0.39 is 6.04 Å². The van der Waals surface area contributed by atoms with Crippen LogP contribution in [0.1, 0.15) is 10.4 Å². The highest BCUT2D eigenvalue weighted by molar-refractivity contribution is 7.80. The van der Waals surface area contributed by atoms with Gasteiger partial charge in [-0.25, -0.2) is 0 Å². The number of carbonyl (C=O) groups excluding carboxylic acids is 2. The zero-order valence-electron chi connectivity index (χ0n) is 10.6. The van der Waals surface area contributed by atoms with Crippen LogP contribution in [0.25, 0.3) is 0 Å². The highest BCUT2D eigenvalue weighted by Crippen LogP contribution is 2.15. The van der Waals surface area contributed by atoms with Gasteiger partial charge in [0.15, 0.2) is 0 Å². The number of benzene rings is 1. The molecule has 0 aliphatic carbocycles. The molecule has 0 saturated carbocycles. The topological polar surface area (TPSA) is 58.6 Å². The Hall–Kier alpha value is -1.53. The van der Waals surface area contributed by atoms with Crippen molar-refractivity contribution in [1.82, 2.24) is 10.2 Å². The van der Waals surface area contributed by atoms with Crippen molar-refractivity contribution in [1.29, 1.82) is 0 Å². The molecule has 1 N–H and O–H groups in total. The van der Waals surface area contributed by atoms with Crippen LogP contribution in [-0.2, 0) is 9.53 Å². The van der Waals surface area contributed by atoms with Gasteiger partial charge in [0.05, 0.1) is 13.2 Å². The number of thiol groups is 1. The smallest absolute Gasteiger partial charge is 0.254 e. The fourth-order valence-corrected chi connectivity index (χ4v) is 2.26. The number of nitrogens with zero attached hydrogens (tertiary/aromatic N) is 1. The van der Waals surface area contributed by atoms with E-state index in [1.54, 1.807) is 36.2 Å². The molecule has 2 rings (SSSR count). The monoisotopic (exact) mass is 280 g/mol. The maximum absolute atomic E-state index is 12.4. The standard InChI is InChI=1S/C13H16N2O3S/c1-14-12(16)11-8-18-6-5-15(11)13(17)9-3-2-4-10(19)7-9/h2-4,7,11,19H,5-6,8H2,1H3,(H,14,16). The van der Waals surface area contributed by atoms with E-state index in [0.29, 0.717) is 18.7 Å². The van der Waals surface area contributed by atoms with Crippen molar-refractivity contribution < 1.29 is 14.3 Å². The maximum Gasteiger partial charge on any atom is 0.254 e. The fourth-order valence-electron chi connectivity index (χ4n) is 2.04. The van der Waals surface area contributed by atoms with Crippen molar-refractivity contribution in [3.05, 3.63) is 29.8 Å². The average Bonchev–Trinajstić information content (AvgIpc) is 2.45. The van der Waals surface area contributed by atoms with Crippen LogP contribution in [0.2, 0.25) is 0 Å². The molecule has 6 heteroatoms. The molecular weight excluding hydrogens is 264 g/mol. The quantitative estimate of drug-likeness (QED) is 0.778. The van der Waals surface area contributed by atoms with Crippen LogP contribution in [0.15, 0.2) is 29.2 Å². The lowest BCUT2D eigenvalue weighted by molar-refractivity contribution is -0.130. The van der Waals surface area contributed by atoms with Crippen molar-refractivity contribution in [2.24, 2.45) is 0 Å². The van der Waals surface area contributed by atoms with Crippen molar-refractivity contribution in [3.8, 4) is 0 Å². The molecule has 1 saturated heterocycles. The molecule has 0 bridgehead atoms. The summed E-state index contributed by atoms with van der Waals surface area (Å²) in [5.41, 5.74) is 0.531. The molecule has 1 unspecified atom stereocenters. The summed E-state index contributed by atoms with van der Waals surface area (Å²) in [5, 5.41) is 2.55. The minimum absolute atomic E-state index is 0.173. The summed E-state index contributed by atoms with van der Waals surface area (Å²) in [5.74, 6) is -0.386. The molecule has 1 heterocycles. The molecule has 0 spiro atoms. The van der Waals surface area contributed by atoms with Crippen molar-refractivity contribution in [2.45, 2.75) is 10.9 Å². The van der Waals surface area contributed by atoms with Crippen LogP contribution in [0, 0.1) is 0 Å². The van der Waals surface area contributed by atoms with Crippen molar-refractivity contribution in [2.75, 3.05) is 26.8 Å². The maximum atomic E-state index is 12.4. The molecular formula is C13H16N2O3S. The van der Waals surface area contributed by atoms with Gasteiger partial charge in [0.25, 0.3) is 5.91 Å². The minimum Gasteiger partial charge on any atom is -0.377 e. The largest absolute Gasteiger partial charge is 0.377 e. The van der Waals surface area contributed by atoms with Crippen LogP contribution in [-0.4, -0.2) is 49.6 Å². The van der Waals surface area contributed by atoms with Crippen molar-refractivity contribution in [3.63, 3.8) is 0 Å². The van der Waals surface area contributed by atoms with E-state index in [0.717, 1.165) is 4.90 Å². The van der Waals surface area contributed by atoms with Gasteiger partial charge in [-0.2, -0.15) is 0 Å². The van der Waals surface area contributed by atoms with Gasteiger partial charge < -0.3 is 15.0 Å². The summed E-state index contributed by atoms with van der Waals surface area (Å²) in [4.78, 5) is 26.5. The third kappa shape index (κ3) is 3.08. The van der Waals surface area contributed by atoms with E-state index in [4.69, 9.17) is 4.74 Å². The van der Waals surface area contributed by atoms with Gasteiger partial charge in [0.1, 0.15) is 6.04 Å². The van der Waals surface area contributed by atoms with Crippen molar-refractivity contribution >= 4 is 24.4 Å². The van der Waals surface area contributed by atoms with Gasteiger partial charge in [-0.1, -0.05) is 6.07 Å². The number of hydrogen-bond donors (Lipinski definition) is 2. The molecule has 1 aliphatic heterocycles. The lowest BCUT2D eigenvalue weighted by Crippen LogP contribution is -2.55. The molecule has 1 aromatic carbocycles. The highest BCUT2D eigenvalue weighted by Gasteiger charge is 2.32. The number of hydrogen-bond acceptors (Lipinski definition) is 4. The molecule has 2 amide bonds. The zero-order chi connectivity index (χ0) is 13.8. The number of nitrogens with one attached hydrogen (secondary N) is 1. The Labute approximate surface area is 117 Å². The van der Waals surface area contributed by atoms with Gasteiger partial charge >= 0.3 is 0 Å². The van der Waals surface area contributed by atoms with Gasteiger partial charge in [-0.15, -0.1) is 12.6 Å². The van der Waals surface area contributed by atoms with Gasteiger partial charge in [-0.3, -0.25) is 9.59 Å². The summed E-state index contributed by atoms with van der Waals surface area (Å²) >= 11 is 4.22. The molecule has 0 radical (unpaired) electrons. The lowest BCUT2D eigenvalue weighted by atomic mass is 10.1. The first-order chi connectivity index (χ1) is 9.13. The average molecular weight is 280 g/mol. The first kappa shape index (κ1) is 13.9. The molecule has 102 valence electrons. The molecule has 1 fully saturated rings. The lowest BCUT2D eigenvalue weighted by Gasteiger charge is -2.34. The first-order valence-electron chi connectivity index (χ1n) is 6.03. The minimum atomic E-state index is -0.574. The summed E-state index contributed by atoms with van der Waals surface area (Å²) < 4.78 is 5.28. The van der Waals surface area contributed by atoms with E-state index in [2.05, 4.69) is 17.9 Å². The third-order valence-corrected chi connectivity index (χ3v) is 3.31. The van der Waals surface area contributed by atoms with Crippen LogP contribution >= 0.6 is 12.6 Å². The Morgan fingerprint density at radius 3 is 2.95 bits per heavy atom. The van der Waals surface area contributed by atoms with Gasteiger partial charge in [-0.05, 0) is 18.2 Å². The predicted octanol–water partition coefficient (Wildman–Crippen LogP) is 0.562. The molecule has 0 aromatic heterocycles. The summed E-state index contributed by atoms with van der Waals surface area (Å²) in [6.07, 6.45) is 0. The number of morpholine rings is 1. The van der Waals surface area contributed by atoms with Gasteiger partial charge in [0, 0.05) is 24.1 Å². The Morgan fingerprint density at radius 2 is 2.26 bits per heavy atom. The Balaban J connectivity index is 2.22. The zero-order valence-corrected chi connectivity index (χ0v) is 11.5. The number of likely N-dealkylation sites (N-methyl/N-ethyl adjacent to an activating group) is 1. The Kier molecular flexibility index (Phi) is 4.44. The van der Waals surface area contributed by atoms with E-state index in [9.17, 15) is 9.59 Å². The van der Waals surface area contributed by atoms with Crippen LogP contribution in [0.5, 0.6) is 0 Å². The second kappa shape index (κ2) is 6.08. The van der Waals surface area contributed by atoms with Crippen LogP contribution in [0.4, 0.5) is 0 Å². The first-order valence-corrected chi connectivity index (χ1v) is 6.47. The SMILES string of the molecule is CNC(=O)C1COCCN1C(=O)c1cccc(S)c1. The van der Waals surface area contributed by atoms with E-state index >= 15 is 0 Å². The van der Waals surface area contributed by atoms with E-state index in [-0.39, 0.29) is 18.4 Å². The van der Waals surface area contributed by atoms with E-state index in [1.807, 2.05) is 0 Å². The number of rotatable bonds is 2. The summed E-state index contributed by atoms with van der Waals surface area (Å²) in [7, 11) is 1.55. The fraction of sp³-hybridized carbons (Fsp3) is 0.385. The van der Waals surface area contributed by atoms with Gasteiger partial charge in [0.2, 0.25) is 5.91 Å². The molecule has 5 nitrogen and oxygen atoms in total. The Morgan fingerprint density at radius 1 is 1.47 bits per heavy atom. The summed E-state index contributed by atoms with van der Waals surface area (Å²) in [6, 6.07) is 6.41. The van der Waals surface area contributed by atoms with Crippen LogP contribution < -0.4 is 5.32 Å². The second-order valence-electron chi connectivity index (χ2n) is 4.25. The number of carbonyl (C=O) groups is 2. The molecule has 1 aliphatic rings. The Bertz CT molecular complexity index is 493. The predicted molar refractivity (Wildman–Crippen MR) is 73.4 cm³/mol. The normalized spacial score (nSPS) is 19.1. The van der Waals surface area contributed by atoms with E-state index in [1.165, 1.54) is 0 Å². The molecule has 1 atom stereocenters. The number of amides is 2. The highest BCUT2D eigenvalue weighted by atomic mass is 32.1. The van der Waals surface area contributed by atoms with Crippen LogP contribution in [0.3, 0.4) is 0 Å². The molecule has 1 aromatic rings. The second-order valence-corrected chi connectivity index (χ2v) is 4.77. The molecule has 19 heavy (non-hydrogen) atoms. The number of ether oxygens (including phenoxy) is 1. The summed E-state index contributed by atoms with van der Waals surface area (Å²) in [6.45, 7) is 1.08.